The summed E-state index contributed by atoms with van der Waals surface area (Å²) in [5.74, 6) is -1.33. The van der Waals surface area contributed by atoms with E-state index in [0.717, 1.165) is 6.42 Å². The molecule has 0 aliphatic heterocycles. The fraction of sp³-hybridized carbons (Fsp3) is 0.308. The van der Waals surface area contributed by atoms with E-state index in [1.807, 2.05) is 0 Å². The number of nitrogens with one attached hydrogen (secondary N) is 1. The molecular formula is C13H16N2O5. The molecule has 0 atom stereocenters. The van der Waals surface area contributed by atoms with Crippen molar-refractivity contribution in [2.24, 2.45) is 0 Å². The first-order valence-corrected chi connectivity index (χ1v) is 6.00. The summed E-state index contributed by atoms with van der Waals surface area (Å²) in [5, 5.41) is 22.6. The third-order valence-electron chi connectivity index (χ3n) is 2.47. The topological polar surface area (TPSA) is 102 Å². The second kappa shape index (κ2) is 7.90. The fourth-order valence-corrected chi connectivity index (χ4v) is 1.51. The first-order chi connectivity index (χ1) is 9.56. The van der Waals surface area contributed by atoms with Gasteiger partial charge < -0.3 is 15.2 Å². The number of nitrogens with zero attached hydrogens (tertiary/aromatic N) is 1. The second-order valence-electron chi connectivity index (χ2n) is 3.91. The summed E-state index contributed by atoms with van der Waals surface area (Å²) in [7, 11) is 0. The smallest absolute Gasteiger partial charge is 0.342 e. The molecule has 0 unspecified atom stereocenters. The lowest BCUT2D eigenvalue weighted by molar-refractivity contribution is -0.385. The summed E-state index contributed by atoms with van der Waals surface area (Å²) in [6.07, 6.45) is 2.52. The molecule has 0 aromatic heterocycles. The van der Waals surface area contributed by atoms with Crippen LogP contribution in [0.2, 0.25) is 0 Å². The van der Waals surface area contributed by atoms with E-state index >= 15 is 0 Å². The standard InChI is InChI=1S/C13H16N2O5/c1-2-3-7-20-8-6-14-10-4-5-12(15(18)19)11(9-10)13(16)17/h2,4-5,9,14H,1,3,6-8H2,(H,16,17). The van der Waals surface area contributed by atoms with Crippen molar-refractivity contribution >= 4 is 17.3 Å². The average Bonchev–Trinajstić information content (AvgIpc) is 2.42. The van der Waals surface area contributed by atoms with E-state index < -0.39 is 16.6 Å². The second-order valence-corrected chi connectivity index (χ2v) is 3.91. The third-order valence-corrected chi connectivity index (χ3v) is 2.47. The van der Waals surface area contributed by atoms with Gasteiger partial charge in [0.1, 0.15) is 5.56 Å². The number of anilines is 1. The number of nitro groups is 1. The van der Waals surface area contributed by atoms with Crippen molar-refractivity contribution < 1.29 is 19.6 Å². The van der Waals surface area contributed by atoms with Crippen LogP contribution < -0.4 is 5.32 Å². The molecule has 0 amide bonds. The van der Waals surface area contributed by atoms with Crippen LogP contribution in [0.4, 0.5) is 11.4 Å². The van der Waals surface area contributed by atoms with Crippen LogP contribution in [0.3, 0.4) is 0 Å². The van der Waals surface area contributed by atoms with Crippen LogP contribution in [-0.4, -0.2) is 35.8 Å². The Morgan fingerprint density at radius 2 is 2.25 bits per heavy atom. The zero-order chi connectivity index (χ0) is 15.0. The van der Waals surface area contributed by atoms with Crippen LogP contribution in [0.1, 0.15) is 16.8 Å². The van der Waals surface area contributed by atoms with Crippen LogP contribution in [0.25, 0.3) is 0 Å². The summed E-state index contributed by atoms with van der Waals surface area (Å²) >= 11 is 0. The van der Waals surface area contributed by atoms with E-state index in [1.165, 1.54) is 18.2 Å². The van der Waals surface area contributed by atoms with Crippen molar-refractivity contribution in [1.82, 2.24) is 0 Å². The Morgan fingerprint density at radius 3 is 2.85 bits per heavy atom. The molecule has 1 aromatic carbocycles. The lowest BCUT2D eigenvalue weighted by Crippen LogP contribution is -2.11. The highest BCUT2D eigenvalue weighted by Crippen LogP contribution is 2.22. The maximum absolute atomic E-state index is 11.0. The maximum atomic E-state index is 11.0. The number of hydrogen-bond donors (Lipinski definition) is 2. The molecule has 0 aliphatic carbocycles. The highest BCUT2D eigenvalue weighted by Gasteiger charge is 2.19. The predicted molar refractivity (Wildman–Crippen MR) is 74.2 cm³/mol. The molecule has 2 N–H and O–H groups in total. The summed E-state index contributed by atoms with van der Waals surface area (Å²) in [6.45, 7) is 5.08. The first-order valence-electron chi connectivity index (χ1n) is 6.00. The van der Waals surface area contributed by atoms with E-state index in [-0.39, 0.29) is 5.56 Å². The largest absolute Gasteiger partial charge is 0.477 e. The van der Waals surface area contributed by atoms with Gasteiger partial charge in [0.2, 0.25) is 0 Å². The maximum Gasteiger partial charge on any atom is 0.342 e. The molecule has 7 heteroatoms. The summed E-state index contributed by atoms with van der Waals surface area (Å²) < 4.78 is 5.28. The minimum absolute atomic E-state index is 0.340. The molecule has 7 nitrogen and oxygen atoms in total. The zero-order valence-electron chi connectivity index (χ0n) is 10.9. The lowest BCUT2D eigenvalue weighted by Gasteiger charge is -2.08. The molecule has 0 bridgehead atoms. The molecule has 0 spiro atoms. The molecule has 0 radical (unpaired) electrons. The SMILES string of the molecule is C=CCCOCCNc1ccc([N+](=O)[O-])c(C(=O)O)c1. The highest BCUT2D eigenvalue weighted by molar-refractivity contribution is 5.93. The quantitative estimate of drug-likeness (QED) is 0.311. The monoisotopic (exact) mass is 280 g/mol. The minimum atomic E-state index is -1.33. The zero-order valence-corrected chi connectivity index (χ0v) is 10.9. The van der Waals surface area contributed by atoms with Gasteiger partial charge in [0.15, 0.2) is 0 Å². The van der Waals surface area contributed by atoms with Gasteiger partial charge in [-0.1, -0.05) is 6.08 Å². The van der Waals surface area contributed by atoms with Gasteiger partial charge in [-0.25, -0.2) is 4.79 Å². The summed E-state index contributed by atoms with van der Waals surface area (Å²) in [6, 6.07) is 3.88. The van der Waals surface area contributed by atoms with Crippen LogP contribution in [0, 0.1) is 10.1 Å². The van der Waals surface area contributed by atoms with Gasteiger partial charge in [0.25, 0.3) is 5.69 Å². The number of rotatable bonds is 9. The van der Waals surface area contributed by atoms with Gasteiger partial charge in [-0.2, -0.15) is 0 Å². The van der Waals surface area contributed by atoms with Crippen molar-refractivity contribution in [3.05, 3.63) is 46.5 Å². The predicted octanol–water partition coefficient (Wildman–Crippen LogP) is 2.30. The third kappa shape index (κ3) is 4.69. The average molecular weight is 280 g/mol. The van der Waals surface area contributed by atoms with Gasteiger partial charge >= 0.3 is 5.97 Å². The molecule has 0 aliphatic rings. The number of hydrogen-bond acceptors (Lipinski definition) is 5. The van der Waals surface area contributed by atoms with E-state index in [2.05, 4.69) is 11.9 Å². The molecule has 0 saturated carbocycles. The normalized spacial score (nSPS) is 10.0. The number of aromatic carboxylic acids is 1. The van der Waals surface area contributed by atoms with Crippen molar-refractivity contribution in [2.45, 2.75) is 6.42 Å². The highest BCUT2D eigenvalue weighted by atomic mass is 16.6. The minimum Gasteiger partial charge on any atom is -0.477 e. The molecule has 1 aromatic rings. The molecular weight excluding hydrogens is 264 g/mol. The van der Waals surface area contributed by atoms with Crippen molar-refractivity contribution in [3.8, 4) is 0 Å². The van der Waals surface area contributed by atoms with E-state index in [0.29, 0.717) is 25.4 Å². The van der Waals surface area contributed by atoms with Gasteiger partial charge in [0, 0.05) is 18.3 Å². The number of carboxylic acids is 1. The van der Waals surface area contributed by atoms with E-state index in [9.17, 15) is 14.9 Å². The molecule has 0 fully saturated rings. The fourth-order valence-electron chi connectivity index (χ4n) is 1.51. The Balaban J connectivity index is 2.59. The van der Waals surface area contributed by atoms with Gasteiger partial charge in [-0.3, -0.25) is 10.1 Å². The molecule has 1 rings (SSSR count). The van der Waals surface area contributed by atoms with Crippen molar-refractivity contribution in [1.29, 1.82) is 0 Å². The molecule has 108 valence electrons. The van der Waals surface area contributed by atoms with Crippen LogP contribution in [0.5, 0.6) is 0 Å². The van der Waals surface area contributed by atoms with E-state index in [1.54, 1.807) is 6.08 Å². The first kappa shape index (κ1) is 15.6. The van der Waals surface area contributed by atoms with Crippen molar-refractivity contribution in [2.75, 3.05) is 25.1 Å². The van der Waals surface area contributed by atoms with Gasteiger partial charge in [0.05, 0.1) is 18.1 Å². The van der Waals surface area contributed by atoms with E-state index in [4.69, 9.17) is 9.84 Å². The summed E-state index contributed by atoms with van der Waals surface area (Å²) in [5.41, 5.74) is -0.266. The number of carbonyl (C=O) groups is 1. The van der Waals surface area contributed by atoms with Gasteiger partial charge in [-0.15, -0.1) is 6.58 Å². The Labute approximate surface area is 116 Å². The number of ether oxygens (including phenoxy) is 1. The van der Waals surface area contributed by atoms with Crippen LogP contribution in [-0.2, 0) is 4.74 Å². The molecule has 0 saturated heterocycles. The van der Waals surface area contributed by atoms with Crippen molar-refractivity contribution in [3.63, 3.8) is 0 Å². The Morgan fingerprint density at radius 1 is 1.50 bits per heavy atom. The molecule has 20 heavy (non-hydrogen) atoms. The Kier molecular flexibility index (Phi) is 6.18. The number of nitro benzene ring substituents is 1. The van der Waals surface area contributed by atoms with Crippen LogP contribution in [0.15, 0.2) is 30.9 Å². The molecule has 0 heterocycles. The Hall–Kier alpha value is -2.41. The number of benzene rings is 1. The lowest BCUT2D eigenvalue weighted by atomic mass is 10.1. The van der Waals surface area contributed by atoms with Crippen LogP contribution >= 0.6 is 0 Å². The van der Waals surface area contributed by atoms with Gasteiger partial charge in [-0.05, 0) is 18.6 Å². The Bertz CT molecular complexity index is 502. The number of carboxylic acid groups (broad SMARTS) is 1. The summed E-state index contributed by atoms with van der Waals surface area (Å²) in [4.78, 5) is 20.9.